The van der Waals surface area contributed by atoms with E-state index in [4.69, 9.17) is 16.7 Å². The van der Waals surface area contributed by atoms with E-state index < -0.39 is 15.9 Å². The van der Waals surface area contributed by atoms with Crippen molar-refractivity contribution in [1.82, 2.24) is 0 Å². The molecule has 0 aromatic heterocycles. The van der Waals surface area contributed by atoms with Crippen LogP contribution in [-0.2, 0) is 10.0 Å². The Morgan fingerprint density at radius 1 is 1.00 bits per heavy atom. The van der Waals surface area contributed by atoms with Crippen LogP contribution in [0.3, 0.4) is 0 Å². The molecule has 8 heteroatoms. The first kappa shape index (κ1) is 19.7. The van der Waals surface area contributed by atoms with Gasteiger partial charge in [0.1, 0.15) is 4.90 Å². The van der Waals surface area contributed by atoms with Crippen molar-refractivity contribution < 1.29 is 13.2 Å². The van der Waals surface area contributed by atoms with Crippen LogP contribution in [-0.4, -0.2) is 27.4 Å². The van der Waals surface area contributed by atoms with Gasteiger partial charge in [-0.1, -0.05) is 24.4 Å². The van der Waals surface area contributed by atoms with Crippen molar-refractivity contribution in [2.24, 2.45) is 5.14 Å². The van der Waals surface area contributed by atoms with Gasteiger partial charge in [0.25, 0.3) is 5.91 Å². The predicted octanol–water partition coefficient (Wildman–Crippen LogP) is 3.62. The molecule has 0 unspecified atom stereocenters. The maximum Gasteiger partial charge on any atom is 0.255 e. The zero-order chi connectivity index (χ0) is 19.4. The minimum Gasteiger partial charge on any atom is -0.372 e. The van der Waals surface area contributed by atoms with E-state index in [0.29, 0.717) is 5.69 Å². The number of hydrogen-bond donors (Lipinski definition) is 2. The Hall–Kier alpha value is -2.09. The number of nitrogens with two attached hydrogens (primary N) is 1. The molecule has 0 bridgehead atoms. The van der Waals surface area contributed by atoms with Gasteiger partial charge in [0, 0.05) is 30.0 Å². The Kier molecular flexibility index (Phi) is 6.04. The van der Waals surface area contributed by atoms with Crippen LogP contribution in [0.1, 0.15) is 36.0 Å². The predicted molar refractivity (Wildman–Crippen MR) is 108 cm³/mol. The van der Waals surface area contributed by atoms with Crippen LogP contribution < -0.4 is 15.4 Å². The number of anilines is 2. The van der Waals surface area contributed by atoms with Crippen LogP contribution >= 0.6 is 11.6 Å². The normalized spacial score (nSPS) is 15.3. The molecule has 144 valence electrons. The lowest BCUT2D eigenvalue weighted by Crippen LogP contribution is -2.23. The quantitative estimate of drug-likeness (QED) is 0.809. The summed E-state index contributed by atoms with van der Waals surface area (Å²) in [6, 6.07) is 11.6. The maximum atomic E-state index is 12.4. The number of hydrogen-bond acceptors (Lipinski definition) is 4. The summed E-state index contributed by atoms with van der Waals surface area (Å²) in [5.74, 6) is -0.431. The van der Waals surface area contributed by atoms with Crippen LogP contribution in [0.15, 0.2) is 47.4 Å². The fourth-order valence-corrected chi connectivity index (χ4v) is 4.22. The van der Waals surface area contributed by atoms with Gasteiger partial charge in [0.05, 0.1) is 5.02 Å². The summed E-state index contributed by atoms with van der Waals surface area (Å²) in [6.07, 6.45) is 4.93. The molecule has 1 fully saturated rings. The standard InChI is InChI=1S/C19H22ClN3O3S/c20-17-10-5-14(13-18(17)27(21,25)26)19(24)22-15-6-8-16(9-7-15)23-11-3-1-2-4-12-23/h5-10,13H,1-4,11-12H2,(H,22,24)(H2,21,25,26). The summed E-state index contributed by atoms with van der Waals surface area (Å²) in [7, 11) is -4.00. The van der Waals surface area contributed by atoms with Crippen molar-refractivity contribution in [3.05, 3.63) is 53.1 Å². The number of benzene rings is 2. The Balaban J connectivity index is 1.73. The largest absolute Gasteiger partial charge is 0.372 e. The van der Waals surface area contributed by atoms with Gasteiger partial charge in [-0.3, -0.25) is 4.79 Å². The van der Waals surface area contributed by atoms with E-state index in [1.165, 1.54) is 43.9 Å². The number of halogens is 1. The van der Waals surface area contributed by atoms with E-state index in [0.717, 1.165) is 18.8 Å². The van der Waals surface area contributed by atoms with Crippen LogP contribution in [0, 0.1) is 0 Å². The van der Waals surface area contributed by atoms with E-state index in [2.05, 4.69) is 10.2 Å². The smallest absolute Gasteiger partial charge is 0.255 e. The molecule has 0 atom stereocenters. The highest BCUT2D eigenvalue weighted by Gasteiger charge is 2.17. The number of carbonyl (C=O) groups excluding carboxylic acids is 1. The molecule has 2 aromatic rings. The number of nitrogens with zero attached hydrogens (tertiary/aromatic N) is 1. The molecule has 1 heterocycles. The van der Waals surface area contributed by atoms with Crippen molar-refractivity contribution in [3.8, 4) is 0 Å². The summed E-state index contributed by atoms with van der Waals surface area (Å²) in [5.41, 5.74) is 1.93. The average Bonchev–Trinajstić information content (AvgIpc) is 2.91. The van der Waals surface area contributed by atoms with Gasteiger partial charge in [-0.25, -0.2) is 13.6 Å². The summed E-state index contributed by atoms with van der Waals surface area (Å²) < 4.78 is 23.1. The highest BCUT2D eigenvalue weighted by Crippen LogP contribution is 2.24. The molecule has 6 nitrogen and oxygen atoms in total. The Morgan fingerprint density at radius 3 is 2.22 bits per heavy atom. The third kappa shape index (κ3) is 5.00. The van der Waals surface area contributed by atoms with Crippen molar-refractivity contribution in [2.75, 3.05) is 23.3 Å². The molecule has 1 aliphatic heterocycles. The van der Waals surface area contributed by atoms with E-state index in [1.807, 2.05) is 24.3 Å². The highest BCUT2D eigenvalue weighted by atomic mass is 35.5. The van der Waals surface area contributed by atoms with E-state index in [9.17, 15) is 13.2 Å². The topological polar surface area (TPSA) is 92.5 Å². The molecular formula is C19H22ClN3O3S. The first-order valence-electron chi connectivity index (χ1n) is 8.83. The molecule has 0 spiro atoms. The first-order valence-corrected chi connectivity index (χ1v) is 10.8. The van der Waals surface area contributed by atoms with Crippen molar-refractivity contribution in [1.29, 1.82) is 0 Å². The Bertz CT molecular complexity index is 922. The summed E-state index contributed by atoms with van der Waals surface area (Å²) >= 11 is 5.85. The highest BCUT2D eigenvalue weighted by molar-refractivity contribution is 7.89. The average molecular weight is 408 g/mol. The second-order valence-electron chi connectivity index (χ2n) is 6.59. The van der Waals surface area contributed by atoms with Crippen LogP contribution in [0.4, 0.5) is 11.4 Å². The molecule has 2 aromatic carbocycles. The minimum atomic E-state index is -4.00. The number of carbonyl (C=O) groups is 1. The number of primary sulfonamides is 1. The lowest BCUT2D eigenvalue weighted by molar-refractivity contribution is 0.102. The Labute approximate surface area is 164 Å². The van der Waals surface area contributed by atoms with Gasteiger partial charge in [-0.15, -0.1) is 0 Å². The van der Waals surface area contributed by atoms with Gasteiger partial charge in [0.15, 0.2) is 0 Å². The van der Waals surface area contributed by atoms with Gasteiger partial charge < -0.3 is 10.2 Å². The van der Waals surface area contributed by atoms with Gasteiger partial charge in [-0.2, -0.15) is 0 Å². The SMILES string of the molecule is NS(=O)(=O)c1cc(C(=O)Nc2ccc(N3CCCCCC3)cc2)ccc1Cl. The molecule has 0 aliphatic carbocycles. The zero-order valence-corrected chi connectivity index (χ0v) is 16.4. The Morgan fingerprint density at radius 2 is 1.63 bits per heavy atom. The molecule has 0 saturated carbocycles. The van der Waals surface area contributed by atoms with E-state index in [-0.39, 0.29) is 15.5 Å². The van der Waals surface area contributed by atoms with Gasteiger partial charge in [-0.05, 0) is 55.3 Å². The number of nitrogens with one attached hydrogen (secondary N) is 1. The summed E-state index contributed by atoms with van der Waals surface area (Å²) in [4.78, 5) is 14.5. The van der Waals surface area contributed by atoms with Crippen molar-refractivity contribution >= 4 is 38.9 Å². The lowest BCUT2D eigenvalue weighted by atomic mass is 10.2. The molecule has 1 saturated heterocycles. The second kappa shape index (κ2) is 8.29. The van der Waals surface area contributed by atoms with Gasteiger partial charge >= 0.3 is 0 Å². The zero-order valence-electron chi connectivity index (χ0n) is 14.8. The number of amides is 1. The second-order valence-corrected chi connectivity index (χ2v) is 8.53. The first-order chi connectivity index (χ1) is 12.8. The molecular weight excluding hydrogens is 386 g/mol. The third-order valence-electron chi connectivity index (χ3n) is 4.60. The number of sulfonamides is 1. The van der Waals surface area contributed by atoms with Crippen molar-refractivity contribution in [2.45, 2.75) is 30.6 Å². The van der Waals surface area contributed by atoms with Crippen LogP contribution in [0.2, 0.25) is 5.02 Å². The van der Waals surface area contributed by atoms with Crippen LogP contribution in [0.25, 0.3) is 0 Å². The minimum absolute atomic E-state index is 0.0177. The van der Waals surface area contributed by atoms with E-state index in [1.54, 1.807) is 0 Å². The number of rotatable bonds is 4. The molecule has 1 aliphatic rings. The summed E-state index contributed by atoms with van der Waals surface area (Å²) in [5, 5.41) is 7.87. The molecule has 1 amide bonds. The maximum absolute atomic E-state index is 12.4. The van der Waals surface area contributed by atoms with E-state index >= 15 is 0 Å². The fourth-order valence-electron chi connectivity index (χ4n) is 3.15. The van der Waals surface area contributed by atoms with Crippen molar-refractivity contribution in [3.63, 3.8) is 0 Å². The molecule has 3 N–H and O–H groups in total. The third-order valence-corrected chi connectivity index (χ3v) is 5.99. The monoisotopic (exact) mass is 407 g/mol. The van der Waals surface area contributed by atoms with Crippen LogP contribution in [0.5, 0.6) is 0 Å². The van der Waals surface area contributed by atoms with Gasteiger partial charge in [0.2, 0.25) is 10.0 Å². The fraction of sp³-hybridized carbons (Fsp3) is 0.316. The molecule has 27 heavy (non-hydrogen) atoms. The lowest BCUT2D eigenvalue weighted by Gasteiger charge is -2.22. The molecule has 3 rings (SSSR count). The summed E-state index contributed by atoms with van der Waals surface area (Å²) in [6.45, 7) is 2.10. The molecule has 0 radical (unpaired) electrons.